The van der Waals surface area contributed by atoms with Crippen molar-refractivity contribution < 1.29 is 9.53 Å². The molecule has 12 heavy (non-hydrogen) atoms. The van der Waals surface area contributed by atoms with E-state index >= 15 is 0 Å². The van der Waals surface area contributed by atoms with Crippen LogP contribution in [-0.2, 0) is 0 Å². The van der Waals surface area contributed by atoms with Crippen LogP contribution in [0.5, 0.6) is 5.75 Å². The van der Waals surface area contributed by atoms with Crippen molar-refractivity contribution >= 4 is 19.1 Å². The van der Waals surface area contributed by atoms with Crippen LogP contribution in [0.2, 0.25) is 0 Å². The summed E-state index contributed by atoms with van der Waals surface area (Å²) in [6.07, 6.45) is 0. The summed E-state index contributed by atoms with van der Waals surface area (Å²) >= 11 is 0. The standard InChI is InChI=1S/C9H9BO2/c1-6(11)8-4-3-7(10)5-9(8)12-2/h3-5H,1-2H3. The van der Waals surface area contributed by atoms with Crippen LogP contribution in [0.4, 0.5) is 0 Å². The van der Waals surface area contributed by atoms with Gasteiger partial charge >= 0.3 is 0 Å². The van der Waals surface area contributed by atoms with Crippen LogP contribution in [0.15, 0.2) is 18.2 Å². The second-order valence-corrected chi connectivity index (χ2v) is 2.52. The summed E-state index contributed by atoms with van der Waals surface area (Å²) in [7, 11) is 7.03. The van der Waals surface area contributed by atoms with Crippen LogP contribution in [0.1, 0.15) is 17.3 Å². The molecule has 0 aliphatic heterocycles. The van der Waals surface area contributed by atoms with Crippen LogP contribution in [0.25, 0.3) is 0 Å². The molecule has 0 aromatic heterocycles. The maximum absolute atomic E-state index is 11.0. The average molecular weight is 160 g/mol. The highest BCUT2D eigenvalue weighted by Gasteiger charge is 2.06. The molecule has 0 N–H and O–H groups in total. The fraction of sp³-hybridized carbons (Fsp3) is 0.222. The topological polar surface area (TPSA) is 26.3 Å². The number of Topliss-reactive ketones (excluding diaryl/α,β-unsaturated/α-hetero) is 1. The van der Waals surface area contributed by atoms with E-state index in [1.54, 1.807) is 18.2 Å². The number of ether oxygens (including phenoxy) is 1. The molecule has 0 spiro atoms. The first-order chi connectivity index (χ1) is 5.65. The monoisotopic (exact) mass is 160 g/mol. The minimum absolute atomic E-state index is 0.0214. The predicted octanol–water partition coefficient (Wildman–Crippen LogP) is 0.692. The van der Waals surface area contributed by atoms with Gasteiger partial charge in [-0.3, -0.25) is 4.79 Å². The average Bonchev–Trinajstić information content (AvgIpc) is 2.03. The highest BCUT2D eigenvalue weighted by molar-refractivity contribution is 6.32. The predicted molar refractivity (Wildman–Crippen MR) is 48.4 cm³/mol. The molecule has 1 aromatic carbocycles. The maximum atomic E-state index is 11.0. The molecule has 0 heterocycles. The summed E-state index contributed by atoms with van der Waals surface area (Å²) in [5.74, 6) is 0.509. The molecule has 2 radical (unpaired) electrons. The highest BCUT2D eigenvalue weighted by Crippen LogP contribution is 2.15. The normalized spacial score (nSPS) is 9.50. The summed E-state index contributed by atoms with van der Waals surface area (Å²) < 4.78 is 4.99. The Morgan fingerprint density at radius 2 is 2.17 bits per heavy atom. The van der Waals surface area contributed by atoms with Crippen LogP contribution >= 0.6 is 0 Å². The van der Waals surface area contributed by atoms with Gasteiger partial charge in [0.15, 0.2) is 5.78 Å². The summed E-state index contributed by atoms with van der Waals surface area (Å²) in [4.78, 5) is 11.0. The molecule has 60 valence electrons. The maximum Gasteiger partial charge on any atom is 0.163 e. The van der Waals surface area contributed by atoms with Gasteiger partial charge in [-0.1, -0.05) is 11.5 Å². The lowest BCUT2D eigenvalue weighted by Gasteiger charge is -2.05. The zero-order valence-electron chi connectivity index (χ0n) is 7.13. The molecular weight excluding hydrogens is 151 g/mol. The van der Waals surface area contributed by atoms with E-state index in [-0.39, 0.29) is 5.78 Å². The van der Waals surface area contributed by atoms with Gasteiger partial charge in [-0.15, -0.1) is 0 Å². The van der Waals surface area contributed by atoms with Crippen LogP contribution < -0.4 is 10.2 Å². The third-order valence-electron chi connectivity index (χ3n) is 1.60. The van der Waals surface area contributed by atoms with E-state index in [9.17, 15) is 4.79 Å². The number of carbonyl (C=O) groups excluding carboxylic acids is 1. The zero-order valence-corrected chi connectivity index (χ0v) is 7.13. The number of methoxy groups -OCH3 is 1. The van der Waals surface area contributed by atoms with Gasteiger partial charge < -0.3 is 4.74 Å². The molecule has 1 rings (SSSR count). The lowest BCUT2D eigenvalue weighted by molar-refractivity contribution is 0.101. The van der Waals surface area contributed by atoms with E-state index in [4.69, 9.17) is 12.6 Å². The molecule has 0 saturated heterocycles. The van der Waals surface area contributed by atoms with Crippen LogP contribution in [-0.4, -0.2) is 20.7 Å². The smallest absolute Gasteiger partial charge is 0.163 e. The fourth-order valence-electron chi connectivity index (χ4n) is 0.999. The van der Waals surface area contributed by atoms with Crippen LogP contribution in [0.3, 0.4) is 0 Å². The molecule has 1 aromatic rings. The Hall–Kier alpha value is -1.25. The quantitative estimate of drug-likeness (QED) is 0.470. The van der Waals surface area contributed by atoms with E-state index in [0.29, 0.717) is 16.8 Å². The van der Waals surface area contributed by atoms with E-state index in [0.717, 1.165) is 0 Å². The lowest BCUT2D eigenvalue weighted by atomic mass is 9.94. The number of hydrogen-bond donors (Lipinski definition) is 0. The zero-order chi connectivity index (χ0) is 9.14. The number of benzene rings is 1. The molecule has 2 nitrogen and oxygen atoms in total. The van der Waals surface area contributed by atoms with E-state index in [2.05, 4.69) is 0 Å². The van der Waals surface area contributed by atoms with Gasteiger partial charge in [0, 0.05) is 0 Å². The molecule has 3 heteroatoms. The molecule has 0 saturated carbocycles. The Bertz CT molecular complexity index is 307. The van der Waals surface area contributed by atoms with Crippen molar-refractivity contribution in [2.75, 3.05) is 7.11 Å². The molecule has 0 fully saturated rings. The van der Waals surface area contributed by atoms with E-state index < -0.39 is 0 Å². The van der Waals surface area contributed by atoms with Crippen LogP contribution in [0, 0.1) is 0 Å². The van der Waals surface area contributed by atoms with Gasteiger partial charge in [0.2, 0.25) is 0 Å². The summed E-state index contributed by atoms with van der Waals surface area (Å²) in [6, 6.07) is 4.98. The molecule has 0 aliphatic carbocycles. The number of hydrogen-bond acceptors (Lipinski definition) is 2. The van der Waals surface area contributed by atoms with Gasteiger partial charge in [0.25, 0.3) is 0 Å². The Labute approximate surface area is 73.0 Å². The molecule has 0 aliphatic rings. The first-order valence-electron chi connectivity index (χ1n) is 3.59. The van der Waals surface area contributed by atoms with Crippen molar-refractivity contribution in [2.45, 2.75) is 6.92 Å². The molecular formula is C9H9BO2. The minimum Gasteiger partial charge on any atom is -0.496 e. The Morgan fingerprint density at radius 3 is 2.67 bits per heavy atom. The van der Waals surface area contributed by atoms with Gasteiger partial charge in [-0.2, -0.15) is 0 Å². The fourth-order valence-corrected chi connectivity index (χ4v) is 0.999. The highest BCUT2D eigenvalue weighted by atomic mass is 16.5. The molecule has 0 amide bonds. The Balaban J connectivity index is 3.20. The molecule has 0 atom stereocenters. The Morgan fingerprint density at radius 1 is 1.50 bits per heavy atom. The van der Waals surface area contributed by atoms with Gasteiger partial charge in [0.05, 0.1) is 12.7 Å². The summed E-state index contributed by atoms with van der Waals surface area (Å²) in [5, 5.41) is 0. The number of carbonyl (C=O) groups is 1. The van der Waals surface area contributed by atoms with Crippen molar-refractivity contribution in [3.05, 3.63) is 23.8 Å². The number of ketones is 1. The van der Waals surface area contributed by atoms with Crippen molar-refractivity contribution in [3.63, 3.8) is 0 Å². The first-order valence-corrected chi connectivity index (χ1v) is 3.59. The van der Waals surface area contributed by atoms with Gasteiger partial charge in [-0.05, 0) is 19.1 Å². The van der Waals surface area contributed by atoms with Crippen molar-refractivity contribution in [3.8, 4) is 5.75 Å². The number of rotatable bonds is 2. The van der Waals surface area contributed by atoms with Gasteiger partial charge in [-0.25, -0.2) is 0 Å². The Kier molecular flexibility index (Phi) is 2.53. The summed E-state index contributed by atoms with van der Waals surface area (Å²) in [5.41, 5.74) is 1.16. The lowest BCUT2D eigenvalue weighted by Crippen LogP contribution is -2.06. The molecule has 0 bridgehead atoms. The van der Waals surface area contributed by atoms with E-state index in [1.165, 1.54) is 14.0 Å². The second-order valence-electron chi connectivity index (χ2n) is 2.52. The van der Waals surface area contributed by atoms with Crippen molar-refractivity contribution in [1.29, 1.82) is 0 Å². The van der Waals surface area contributed by atoms with Crippen molar-refractivity contribution in [1.82, 2.24) is 0 Å². The van der Waals surface area contributed by atoms with Gasteiger partial charge in [0.1, 0.15) is 13.6 Å². The van der Waals surface area contributed by atoms with E-state index in [1.807, 2.05) is 0 Å². The summed E-state index contributed by atoms with van der Waals surface area (Å²) in [6.45, 7) is 1.49. The third kappa shape index (κ3) is 1.67. The third-order valence-corrected chi connectivity index (χ3v) is 1.60. The minimum atomic E-state index is -0.0214. The second kappa shape index (κ2) is 3.43. The largest absolute Gasteiger partial charge is 0.496 e. The first kappa shape index (κ1) is 8.85. The van der Waals surface area contributed by atoms with Crippen molar-refractivity contribution in [2.24, 2.45) is 0 Å². The SMILES string of the molecule is [B]c1ccc(C(C)=O)c(OC)c1. The molecule has 0 unspecified atom stereocenters.